The molecule has 0 bridgehead atoms. The predicted molar refractivity (Wildman–Crippen MR) is 149 cm³/mol. The number of carbonyl (C=O) groups is 4. The maximum atomic E-state index is 12.9. The summed E-state index contributed by atoms with van der Waals surface area (Å²) >= 11 is 0. The van der Waals surface area contributed by atoms with Crippen LogP contribution in [-0.4, -0.2) is 107 Å². The van der Waals surface area contributed by atoms with Crippen molar-refractivity contribution >= 4 is 23.7 Å². The van der Waals surface area contributed by atoms with Crippen molar-refractivity contribution in [1.82, 2.24) is 0 Å². The molecule has 12 heteroatoms. The lowest BCUT2D eigenvalue weighted by Gasteiger charge is -2.33. The van der Waals surface area contributed by atoms with E-state index in [9.17, 15) is 19.2 Å². The molecule has 0 heterocycles. The van der Waals surface area contributed by atoms with Gasteiger partial charge in [-0.2, -0.15) is 0 Å². The van der Waals surface area contributed by atoms with Gasteiger partial charge in [0.1, 0.15) is 43.2 Å². The molecule has 0 saturated heterocycles. The number of esters is 3. The van der Waals surface area contributed by atoms with Gasteiger partial charge in [-0.1, -0.05) is 0 Å². The van der Waals surface area contributed by atoms with Crippen LogP contribution in [0.4, 0.5) is 0 Å². The number of ether oxygens (including phenoxy) is 8. The zero-order valence-electron chi connectivity index (χ0n) is 26.7. The van der Waals surface area contributed by atoms with Crippen molar-refractivity contribution in [2.75, 3.05) is 66.1 Å². The average Bonchev–Trinajstić information content (AvgIpc) is 2.75. The van der Waals surface area contributed by atoms with Crippen molar-refractivity contribution in [3.8, 4) is 0 Å². The van der Waals surface area contributed by atoms with Crippen molar-refractivity contribution < 1.29 is 57.1 Å². The van der Waals surface area contributed by atoms with E-state index < -0.39 is 59.9 Å². The highest BCUT2D eigenvalue weighted by atomic mass is 16.6. The molecule has 0 atom stereocenters. The summed E-state index contributed by atoms with van der Waals surface area (Å²) in [5.41, 5.74) is -3.31. The molecule has 240 valence electrons. The van der Waals surface area contributed by atoms with Gasteiger partial charge in [-0.3, -0.25) is 4.79 Å². The van der Waals surface area contributed by atoms with E-state index in [0.717, 1.165) is 0 Å². The van der Waals surface area contributed by atoms with Crippen molar-refractivity contribution in [2.24, 2.45) is 5.41 Å². The highest BCUT2D eigenvalue weighted by molar-refractivity contribution is 5.80. The minimum atomic E-state index is -1.19. The maximum absolute atomic E-state index is 12.9. The summed E-state index contributed by atoms with van der Waals surface area (Å²) in [7, 11) is 0. The van der Waals surface area contributed by atoms with Crippen molar-refractivity contribution in [2.45, 2.75) is 92.5 Å². The van der Waals surface area contributed by atoms with Crippen LogP contribution < -0.4 is 0 Å². The molecule has 0 aromatic rings. The highest BCUT2D eigenvalue weighted by Gasteiger charge is 2.36. The second-order valence-corrected chi connectivity index (χ2v) is 12.7. The first-order chi connectivity index (χ1) is 18.8. The monoisotopic (exact) mass is 592 g/mol. The van der Waals surface area contributed by atoms with E-state index in [1.807, 2.05) is 6.92 Å². The number of hydrogen-bond acceptors (Lipinski definition) is 12. The summed E-state index contributed by atoms with van der Waals surface area (Å²) in [6.45, 7) is 16.6. The van der Waals surface area contributed by atoms with E-state index in [4.69, 9.17) is 37.9 Å². The van der Waals surface area contributed by atoms with Crippen LogP contribution in [0.15, 0.2) is 0 Å². The molecule has 0 aliphatic rings. The maximum Gasteiger partial charge on any atom is 0.332 e. The molecule has 0 unspecified atom stereocenters. The molecule has 0 aliphatic carbocycles. The first kappa shape index (κ1) is 38.9. The summed E-state index contributed by atoms with van der Waals surface area (Å²) in [5, 5.41) is 0. The minimum Gasteiger partial charge on any atom is -0.458 e. The first-order valence-electron chi connectivity index (χ1n) is 13.8. The Bertz CT molecular complexity index is 718. The molecule has 12 nitrogen and oxygen atoms in total. The molecule has 0 aromatic heterocycles. The molecule has 0 rings (SSSR count). The Kier molecular flexibility index (Phi) is 17.5. The molecule has 0 spiro atoms. The van der Waals surface area contributed by atoms with E-state index >= 15 is 0 Å². The van der Waals surface area contributed by atoms with Crippen molar-refractivity contribution in [1.29, 1.82) is 0 Å². The summed E-state index contributed by atoms with van der Waals surface area (Å²) < 4.78 is 43.5. The van der Waals surface area contributed by atoms with Crippen LogP contribution in [0.1, 0.15) is 75.7 Å². The summed E-state index contributed by atoms with van der Waals surface area (Å²) in [6.07, 6.45) is -0.154. The number of hydrogen-bond donors (Lipinski definition) is 0. The number of Topliss-reactive ketones (excluding diaryl/α,β-unsaturated/α-hetero) is 1. The van der Waals surface area contributed by atoms with Crippen LogP contribution >= 0.6 is 0 Å². The molecule has 0 fully saturated rings. The van der Waals surface area contributed by atoms with Gasteiger partial charge >= 0.3 is 17.9 Å². The lowest BCUT2D eigenvalue weighted by atomic mass is 9.85. The van der Waals surface area contributed by atoms with Gasteiger partial charge in [0.15, 0.2) is 5.78 Å². The number of carbonyl (C=O) groups excluding carboxylic acids is 4. The second kappa shape index (κ2) is 18.4. The lowest BCUT2D eigenvalue weighted by molar-refractivity contribution is -0.168. The van der Waals surface area contributed by atoms with Gasteiger partial charge in [-0.15, -0.1) is 0 Å². The predicted octanol–water partition coefficient (Wildman–Crippen LogP) is 3.06. The SMILES string of the molecule is CCOCCOCC(=O)CC(COCC(=O)OC(C)(C)C)(COCC(=O)OC(C)(C)C)COCC(=O)OC(C)(C)C. The van der Waals surface area contributed by atoms with Crippen LogP contribution in [-0.2, 0) is 57.1 Å². The van der Waals surface area contributed by atoms with E-state index in [-0.39, 0.29) is 45.2 Å². The van der Waals surface area contributed by atoms with Crippen molar-refractivity contribution in [3.63, 3.8) is 0 Å². The Morgan fingerprint density at radius 2 is 0.829 bits per heavy atom. The standard InChI is InChI=1S/C29H52O12/c1-11-34-12-13-35-15-22(30)14-29(19-36-16-23(31)39-26(2,3)4,20-37-17-24(32)40-27(5,6)7)21-38-18-25(33)41-28(8,9)10/h11-21H2,1-10H3. The molecular formula is C29H52O12. The summed E-state index contributed by atoms with van der Waals surface area (Å²) in [6, 6.07) is 0. The topological polar surface area (TPSA) is 142 Å². The zero-order valence-corrected chi connectivity index (χ0v) is 26.7. The van der Waals surface area contributed by atoms with Crippen LogP contribution in [0.3, 0.4) is 0 Å². The molecule has 0 saturated carbocycles. The van der Waals surface area contributed by atoms with E-state index in [1.54, 1.807) is 62.3 Å². The smallest absolute Gasteiger partial charge is 0.332 e. The Balaban J connectivity index is 5.67. The van der Waals surface area contributed by atoms with Gasteiger partial charge in [0.05, 0.1) is 33.0 Å². The second-order valence-electron chi connectivity index (χ2n) is 12.7. The fourth-order valence-electron chi connectivity index (χ4n) is 3.36. The molecule has 0 amide bonds. The quantitative estimate of drug-likeness (QED) is 0.116. The van der Waals surface area contributed by atoms with Crippen LogP contribution in [0.2, 0.25) is 0 Å². The van der Waals surface area contributed by atoms with Gasteiger partial charge < -0.3 is 37.9 Å². The van der Waals surface area contributed by atoms with E-state index in [1.165, 1.54) is 0 Å². The molecule has 0 radical (unpaired) electrons. The van der Waals surface area contributed by atoms with E-state index in [2.05, 4.69) is 0 Å². The normalized spacial score (nSPS) is 12.6. The number of ketones is 1. The lowest BCUT2D eigenvalue weighted by Crippen LogP contribution is -2.42. The molecule has 41 heavy (non-hydrogen) atoms. The molecule has 0 N–H and O–H groups in total. The third-order valence-corrected chi connectivity index (χ3v) is 4.56. The fraction of sp³-hybridized carbons (Fsp3) is 0.862. The Morgan fingerprint density at radius 1 is 0.488 bits per heavy atom. The van der Waals surface area contributed by atoms with Crippen LogP contribution in [0.5, 0.6) is 0 Å². The zero-order chi connectivity index (χ0) is 31.7. The largest absolute Gasteiger partial charge is 0.458 e. The van der Waals surface area contributed by atoms with Gasteiger partial charge in [0, 0.05) is 18.4 Å². The minimum absolute atomic E-state index is 0.154. The van der Waals surface area contributed by atoms with E-state index in [0.29, 0.717) is 13.2 Å². The number of rotatable bonds is 20. The molecular weight excluding hydrogens is 540 g/mol. The Morgan fingerprint density at radius 3 is 1.15 bits per heavy atom. The van der Waals surface area contributed by atoms with Gasteiger partial charge in [-0.05, 0) is 69.2 Å². The third-order valence-electron chi connectivity index (χ3n) is 4.56. The van der Waals surface area contributed by atoms with Crippen LogP contribution in [0.25, 0.3) is 0 Å². The summed E-state index contributed by atoms with van der Waals surface area (Å²) in [4.78, 5) is 49.6. The fourth-order valence-corrected chi connectivity index (χ4v) is 3.36. The first-order valence-corrected chi connectivity index (χ1v) is 13.8. The van der Waals surface area contributed by atoms with Gasteiger partial charge in [0.25, 0.3) is 0 Å². The Labute approximate surface area is 245 Å². The third kappa shape index (κ3) is 23.2. The Hall–Kier alpha value is -2.12. The molecule has 0 aromatic carbocycles. The van der Waals surface area contributed by atoms with Gasteiger partial charge in [0.2, 0.25) is 0 Å². The van der Waals surface area contributed by atoms with Crippen molar-refractivity contribution in [3.05, 3.63) is 0 Å². The van der Waals surface area contributed by atoms with Gasteiger partial charge in [-0.25, -0.2) is 14.4 Å². The highest BCUT2D eigenvalue weighted by Crippen LogP contribution is 2.26. The molecule has 0 aliphatic heterocycles. The van der Waals surface area contributed by atoms with Crippen LogP contribution in [0, 0.1) is 5.41 Å². The average molecular weight is 593 g/mol. The summed E-state index contributed by atoms with van der Waals surface area (Å²) in [5.74, 6) is -2.09.